The molecular formula is C26H26ClF7N2O4. The second-order valence-corrected chi connectivity index (χ2v) is 10.2. The maximum absolute atomic E-state index is 14.4. The van der Waals surface area contributed by atoms with E-state index in [2.05, 4.69) is 10.6 Å². The van der Waals surface area contributed by atoms with E-state index in [0.29, 0.717) is 12.1 Å². The number of amides is 2. The van der Waals surface area contributed by atoms with E-state index >= 15 is 0 Å². The first-order valence-corrected chi connectivity index (χ1v) is 12.1. The number of hydrogen-bond donors (Lipinski definition) is 2. The van der Waals surface area contributed by atoms with E-state index in [4.69, 9.17) is 16.3 Å². The lowest BCUT2D eigenvalue weighted by atomic mass is 9.92. The van der Waals surface area contributed by atoms with Crippen LogP contribution in [0.2, 0.25) is 5.02 Å². The summed E-state index contributed by atoms with van der Waals surface area (Å²) in [6.45, 7) is 6.19. The van der Waals surface area contributed by atoms with Crippen molar-refractivity contribution < 1.29 is 49.9 Å². The minimum atomic E-state index is -6.29. The third-order valence-corrected chi connectivity index (χ3v) is 5.72. The molecule has 0 unspecified atom stereocenters. The summed E-state index contributed by atoms with van der Waals surface area (Å²) in [5.41, 5.74) is -9.08. The molecule has 6 nitrogen and oxygen atoms in total. The number of anilines is 1. The zero-order valence-electron chi connectivity index (χ0n) is 21.7. The third kappa shape index (κ3) is 7.64. The Morgan fingerprint density at radius 3 is 2.02 bits per heavy atom. The predicted molar refractivity (Wildman–Crippen MR) is 133 cm³/mol. The minimum absolute atomic E-state index is 0.00549. The van der Waals surface area contributed by atoms with Gasteiger partial charge in [-0.05, 0) is 57.9 Å². The lowest BCUT2D eigenvalue weighted by Gasteiger charge is -2.30. The number of carbonyl (C=O) groups excluding carboxylic acids is 3. The number of halogens is 8. The van der Waals surface area contributed by atoms with E-state index in [9.17, 15) is 45.1 Å². The van der Waals surface area contributed by atoms with E-state index in [0.717, 1.165) is 6.92 Å². The monoisotopic (exact) mass is 598 g/mol. The highest BCUT2D eigenvalue weighted by Crippen LogP contribution is 2.53. The number of esters is 1. The molecule has 40 heavy (non-hydrogen) atoms. The van der Waals surface area contributed by atoms with Crippen LogP contribution in [0.1, 0.15) is 65.5 Å². The van der Waals surface area contributed by atoms with Gasteiger partial charge in [0.1, 0.15) is 5.60 Å². The number of alkyl halides is 7. The summed E-state index contributed by atoms with van der Waals surface area (Å²) in [6.07, 6.45) is -12.4. The first-order valence-electron chi connectivity index (χ1n) is 11.7. The molecule has 0 saturated carbocycles. The van der Waals surface area contributed by atoms with Crippen molar-refractivity contribution in [3.05, 3.63) is 63.7 Å². The molecule has 0 heterocycles. The van der Waals surface area contributed by atoms with Gasteiger partial charge in [-0.15, -0.1) is 0 Å². The van der Waals surface area contributed by atoms with E-state index in [1.54, 1.807) is 20.8 Å². The van der Waals surface area contributed by atoms with Crippen LogP contribution in [-0.2, 0) is 15.2 Å². The average molecular weight is 599 g/mol. The maximum atomic E-state index is 14.4. The summed E-state index contributed by atoms with van der Waals surface area (Å²) >= 11 is 6.13. The van der Waals surface area contributed by atoms with Crippen LogP contribution in [0.15, 0.2) is 36.4 Å². The van der Waals surface area contributed by atoms with Crippen molar-refractivity contribution in [1.82, 2.24) is 5.32 Å². The van der Waals surface area contributed by atoms with Gasteiger partial charge in [0, 0.05) is 24.2 Å². The SMILES string of the molecule is Cc1cc(C(F)(C(F)(F)F)C(F)(F)F)ccc1NC(=O)c1cccc(Cl)c1C(=O)NCCCC(=O)OC(C)(C)C. The van der Waals surface area contributed by atoms with Crippen molar-refractivity contribution in [1.29, 1.82) is 0 Å². The summed E-state index contributed by atoms with van der Waals surface area (Å²) < 4.78 is 98.1. The van der Waals surface area contributed by atoms with Crippen molar-refractivity contribution >= 4 is 35.1 Å². The highest BCUT2D eigenvalue weighted by atomic mass is 35.5. The average Bonchev–Trinajstić information content (AvgIpc) is 2.79. The second kappa shape index (κ2) is 12.0. The molecule has 2 rings (SSSR count). The number of rotatable bonds is 8. The highest BCUT2D eigenvalue weighted by Gasteiger charge is 2.73. The topological polar surface area (TPSA) is 84.5 Å². The lowest BCUT2D eigenvalue weighted by Crippen LogP contribution is -2.50. The van der Waals surface area contributed by atoms with Gasteiger partial charge in [0.15, 0.2) is 0 Å². The molecule has 2 amide bonds. The Labute approximate surface area is 230 Å². The van der Waals surface area contributed by atoms with Crippen LogP contribution in [0, 0.1) is 6.92 Å². The Kier molecular flexibility index (Phi) is 9.88. The fraction of sp³-hybridized carbons (Fsp3) is 0.423. The number of hydrogen-bond acceptors (Lipinski definition) is 4. The van der Waals surface area contributed by atoms with E-state index in [1.807, 2.05) is 0 Å². The fourth-order valence-electron chi connectivity index (χ4n) is 3.56. The largest absolute Gasteiger partial charge is 0.460 e. The molecule has 0 fully saturated rings. The van der Waals surface area contributed by atoms with Crippen LogP contribution in [0.25, 0.3) is 0 Å². The summed E-state index contributed by atoms with van der Waals surface area (Å²) in [5.74, 6) is -2.21. The molecule has 0 radical (unpaired) electrons. The fourth-order valence-corrected chi connectivity index (χ4v) is 3.82. The number of benzene rings is 2. The Morgan fingerprint density at radius 2 is 1.50 bits per heavy atom. The van der Waals surface area contributed by atoms with Crippen LogP contribution >= 0.6 is 11.6 Å². The standard InChI is InChI=1S/C26H26ClF7N2O4/c1-14-13-15(24(28,25(29,30)31)26(32,33)34)10-11-18(14)36-21(38)16-7-5-8-17(27)20(16)22(39)35-12-6-9-19(37)40-23(2,3)4/h5,7-8,10-11,13H,6,9,12H2,1-4H3,(H,35,39)(H,36,38). The first-order chi connectivity index (χ1) is 18.2. The van der Waals surface area contributed by atoms with Crippen molar-refractivity contribution in [3.8, 4) is 0 Å². The normalized spacial score (nSPS) is 12.6. The van der Waals surface area contributed by atoms with Gasteiger partial charge < -0.3 is 15.4 Å². The second-order valence-electron chi connectivity index (χ2n) is 9.75. The molecule has 0 bridgehead atoms. The van der Waals surface area contributed by atoms with Crippen LogP contribution in [0.5, 0.6) is 0 Å². The zero-order chi connectivity index (χ0) is 30.7. The summed E-state index contributed by atoms with van der Waals surface area (Å²) in [4.78, 5) is 37.5. The molecular weight excluding hydrogens is 573 g/mol. The van der Waals surface area contributed by atoms with Gasteiger partial charge in [-0.2, -0.15) is 26.3 Å². The van der Waals surface area contributed by atoms with E-state index in [1.165, 1.54) is 18.2 Å². The van der Waals surface area contributed by atoms with Crippen LogP contribution < -0.4 is 10.6 Å². The first kappa shape index (κ1) is 32.9. The van der Waals surface area contributed by atoms with Gasteiger partial charge in [-0.25, -0.2) is 4.39 Å². The third-order valence-electron chi connectivity index (χ3n) is 5.40. The number of aryl methyl sites for hydroxylation is 1. The van der Waals surface area contributed by atoms with Gasteiger partial charge in [-0.1, -0.05) is 29.8 Å². The Bertz CT molecular complexity index is 1260. The maximum Gasteiger partial charge on any atom is 0.435 e. The van der Waals surface area contributed by atoms with Crippen LogP contribution in [-0.4, -0.2) is 42.3 Å². The predicted octanol–water partition coefficient (Wildman–Crippen LogP) is 7.04. The smallest absolute Gasteiger partial charge is 0.435 e. The van der Waals surface area contributed by atoms with Crippen molar-refractivity contribution in [2.24, 2.45) is 0 Å². The summed E-state index contributed by atoms with van der Waals surface area (Å²) in [5, 5.41) is 4.68. The number of carbonyl (C=O) groups is 3. The van der Waals surface area contributed by atoms with Crippen molar-refractivity contribution in [2.75, 3.05) is 11.9 Å². The summed E-state index contributed by atoms with van der Waals surface area (Å²) in [6, 6.07) is 5.17. The highest BCUT2D eigenvalue weighted by molar-refractivity contribution is 6.35. The molecule has 0 aliphatic carbocycles. The number of nitrogens with one attached hydrogen (secondary N) is 2. The number of ether oxygens (including phenoxy) is 1. The van der Waals surface area contributed by atoms with Crippen molar-refractivity contribution in [2.45, 2.75) is 64.2 Å². The molecule has 0 saturated heterocycles. The molecule has 220 valence electrons. The van der Waals surface area contributed by atoms with Crippen molar-refractivity contribution in [3.63, 3.8) is 0 Å². The van der Waals surface area contributed by atoms with E-state index in [-0.39, 0.29) is 52.9 Å². The lowest BCUT2D eigenvalue weighted by molar-refractivity contribution is -0.348. The Morgan fingerprint density at radius 1 is 0.900 bits per heavy atom. The van der Waals surface area contributed by atoms with Gasteiger partial charge in [0.25, 0.3) is 11.8 Å². The minimum Gasteiger partial charge on any atom is -0.460 e. The van der Waals surface area contributed by atoms with Gasteiger partial charge in [-0.3, -0.25) is 14.4 Å². The zero-order valence-corrected chi connectivity index (χ0v) is 22.5. The quantitative estimate of drug-likeness (QED) is 0.194. The van der Waals surface area contributed by atoms with Gasteiger partial charge in [0.2, 0.25) is 0 Å². The Balaban J connectivity index is 2.22. The molecule has 0 aliphatic rings. The molecule has 0 aromatic heterocycles. The molecule has 0 spiro atoms. The molecule has 2 aromatic carbocycles. The van der Waals surface area contributed by atoms with Gasteiger partial charge in [0.05, 0.1) is 16.1 Å². The Hall–Kier alpha value is -3.35. The van der Waals surface area contributed by atoms with Gasteiger partial charge >= 0.3 is 24.0 Å². The van der Waals surface area contributed by atoms with E-state index < -0.39 is 47.0 Å². The van der Waals surface area contributed by atoms with Crippen LogP contribution in [0.3, 0.4) is 0 Å². The molecule has 2 aromatic rings. The van der Waals surface area contributed by atoms with Crippen LogP contribution in [0.4, 0.5) is 36.4 Å². The molecule has 0 aliphatic heterocycles. The molecule has 0 atom stereocenters. The molecule has 14 heteroatoms. The summed E-state index contributed by atoms with van der Waals surface area (Å²) in [7, 11) is 0. The molecule has 2 N–H and O–H groups in total.